The molecule has 0 unspecified atom stereocenters. The Morgan fingerprint density at radius 1 is 1.07 bits per heavy atom. The average molecular weight is 456 g/mol. The van der Waals surface area contributed by atoms with Gasteiger partial charge < -0.3 is 0 Å². The number of carbonyl (C=O) groups excluding carboxylic acids is 3. The lowest BCUT2D eigenvalue weighted by Gasteiger charge is -2.14. The lowest BCUT2D eigenvalue weighted by molar-refractivity contribution is -0.121. The molecule has 1 aliphatic heterocycles. The van der Waals surface area contributed by atoms with Crippen molar-refractivity contribution in [3.05, 3.63) is 63.9 Å². The molecule has 1 aromatic heterocycles. The molecule has 0 radical (unpaired) electrons. The number of amides is 3. The molecule has 1 aliphatic rings. The third-order valence-corrected chi connectivity index (χ3v) is 5.57. The summed E-state index contributed by atoms with van der Waals surface area (Å²) in [6, 6.07) is 14.2. The first-order valence-corrected chi connectivity index (χ1v) is 10.2. The van der Waals surface area contributed by atoms with Crippen LogP contribution in [0.5, 0.6) is 0 Å². The van der Waals surface area contributed by atoms with Crippen LogP contribution in [0, 0.1) is 0 Å². The quantitative estimate of drug-likeness (QED) is 0.588. The van der Waals surface area contributed by atoms with E-state index in [2.05, 4.69) is 26.2 Å². The predicted octanol–water partition coefficient (Wildman–Crippen LogP) is 4.48. The minimum absolute atomic E-state index is 0.202. The number of halogens is 1. The van der Waals surface area contributed by atoms with E-state index in [1.165, 1.54) is 11.3 Å². The molecular weight excluding hydrogens is 442 g/mol. The van der Waals surface area contributed by atoms with Crippen LogP contribution in [0.1, 0.15) is 23.2 Å². The number of nitrogens with one attached hydrogen (secondary N) is 1. The summed E-state index contributed by atoms with van der Waals surface area (Å²) < 4.78 is 0.981. The Kier molecular flexibility index (Phi) is 5.06. The fourth-order valence-corrected chi connectivity index (χ4v) is 3.88. The second-order valence-electron chi connectivity index (χ2n) is 6.17. The van der Waals surface area contributed by atoms with Crippen molar-refractivity contribution in [3.63, 3.8) is 0 Å². The summed E-state index contributed by atoms with van der Waals surface area (Å²) in [5.41, 5.74) is 2.49. The number of imide groups is 1. The standard InChI is InChI=1S/C20H14BrN3O3S/c21-14-6-4-12(5-7-14)16-11-28-20(22-16)23-19(27)13-2-1-3-15(10-13)24-17(25)8-9-18(24)26/h1-7,10-11H,8-9H2,(H,22,23,27). The fraction of sp³-hybridized carbons (Fsp3) is 0.100. The van der Waals surface area contributed by atoms with Crippen LogP contribution in [0.15, 0.2) is 58.4 Å². The Balaban J connectivity index is 1.51. The normalized spacial score (nSPS) is 13.8. The van der Waals surface area contributed by atoms with Crippen molar-refractivity contribution < 1.29 is 14.4 Å². The van der Waals surface area contributed by atoms with E-state index in [4.69, 9.17) is 0 Å². The Morgan fingerprint density at radius 2 is 1.79 bits per heavy atom. The molecule has 3 aromatic rings. The molecule has 1 N–H and O–H groups in total. The predicted molar refractivity (Wildman–Crippen MR) is 111 cm³/mol. The molecule has 2 heterocycles. The van der Waals surface area contributed by atoms with Crippen LogP contribution in [0.25, 0.3) is 11.3 Å². The van der Waals surface area contributed by atoms with Gasteiger partial charge in [0.2, 0.25) is 11.8 Å². The van der Waals surface area contributed by atoms with Crippen molar-refractivity contribution in [1.29, 1.82) is 0 Å². The Hall–Kier alpha value is -2.84. The van der Waals surface area contributed by atoms with Crippen molar-refractivity contribution >= 4 is 55.8 Å². The van der Waals surface area contributed by atoms with Crippen LogP contribution in [-0.4, -0.2) is 22.7 Å². The smallest absolute Gasteiger partial charge is 0.257 e. The van der Waals surface area contributed by atoms with Gasteiger partial charge in [-0.2, -0.15) is 0 Å². The Morgan fingerprint density at radius 3 is 2.50 bits per heavy atom. The monoisotopic (exact) mass is 455 g/mol. The first-order chi connectivity index (χ1) is 13.5. The van der Waals surface area contributed by atoms with Gasteiger partial charge in [-0.25, -0.2) is 4.98 Å². The maximum atomic E-state index is 12.6. The summed E-state index contributed by atoms with van der Waals surface area (Å²) in [7, 11) is 0. The van der Waals surface area contributed by atoms with E-state index in [9.17, 15) is 14.4 Å². The fourth-order valence-electron chi connectivity index (χ4n) is 2.90. The number of anilines is 2. The van der Waals surface area contributed by atoms with Crippen molar-refractivity contribution in [2.24, 2.45) is 0 Å². The molecule has 28 heavy (non-hydrogen) atoms. The van der Waals surface area contributed by atoms with E-state index in [0.29, 0.717) is 16.4 Å². The Bertz CT molecular complexity index is 1060. The molecule has 0 atom stereocenters. The molecular formula is C20H14BrN3O3S. The van der Waals surface area contributed by atoms with Crippen molar-refractivity contribution in [3.8, 4) is 11.3 Å². The van der Waals surface area contributed by atoms with E-state index < -0.39 is 0 Å². The van der Waals surface area contributed by atoms with Gasteiger partial charge in [0.1, 0.15) is 0 Å². The van der Waals surface area contributed by atoms with Gasteiger partial charge in [0.05, 0.1) is 11.4 Å². The molecule has 0 aliphatic carbocycles. The summed E-state index contributed by atoms with van der Waals surface area (Å²) in [4.78, 5) is 42.0. The number of hydrogen-bond donors (Lipinski definition) is 1. The zero-order chi connectivity index (χ0) is 19.7. The minimum Gasteiger partial charge on any atom is -0.298 e. The van der Waals surface area contributed by atoms with Crippen LogP contribution in [-0.2, 0) is 9.59 Å². The number of carbonyl (C=O) groups is 3. The van der Waals surface area contributed by atoms with E-state index in [1.807, 2.05) is 29.6 Å². The zero-order valence-corrected chi connectivity index (χ0v) is 16.9. The summed E-state index contributed by atoms with van der Waals surface area (Å²) in [6.45, 7) is 0. The van der Waals surface area contributed by atoms with Crippen LogP contribution in [0.3, 0.4) is 0 Å². The second-order valence-corrected chi connectivity index (χ2v) is 7.95. The second kappa shape index (κ2) is 7.65. The average Bonchev–Trinajstić information content (AvgIpc) is 3.29. The highest BCUT2D eigenvalue weighted by Crippen LogP contribution is 2.27. The lowest BCUT2D eigenvalue weighted by atomic mass is 10.1. The van der Waals surface area contributed by atoms with Gasteiger partial charge in [-0.05, 0) is 30.3 Å². The number of rotatable bonds is 4. The lowest BCUT2D eigenvalue weighted by Crippen LogP contribution is -2.28. The van der Waals surface area contributed by atoms with E-state index in [1.54, 1.807) is 24.3 Å². The van der Waals surface area contributed by atoms with Gasteiger partial charge in [0.25, 0.3) is 5.91 Å². The number of aromatic nitrogens is 1. The molecule has 1 saturated heterocycles. The van der Waals surface area contributed by atoms with Gasteiger partial charge in [0.15, 0.2) is 5.13 Å². The third-order valence-electron chi connectivity index (χ3n) is 4.28. The van der Waals surface area contributed by atoms with Gasteiger partial charge in [-0.3, -0.25) is 24.6 Å². The first-order valence-electron chi connectivity index (χ1n) is 8.50. The van der Waals surface area contributed by atoms with E-state index in [0.717, 1.165) is 20.6 Å². The number of nitrogens with zero attached hydrogens (tertiary/aromatic N) is 2. The maximum absolute atomic E-state index is 12.6. The highest BCUT2D eigenvalue weighted by molar-refractivity contribution is 9.10. The van der Waals surface area contributed by atoms with Crippen molar-refractivity contribution in [2.75, 3.05) is 10.2 Å². The molecule has 3 amide bonds. The van der Waals surface area contributed by atoms with Gasteiger partial charge in [-0.15, -0.1) is 11.3 Å². The summed E-state index contributed by atoms with van der Waals surface area (Å²) in [5.74, 6) is -0.846. The van der Waals surface area contributed by atoms with Crippen LogP contribution in [0.4, 0.5) is 10.8 Å². The zero-order valence-electron chi connectivity index (χ0n) is 14.5. The minimum atomic E-state index is -0.349. The van der Waals surface area contributed by atoms with Crippen molar-refractivity contribution in [2.45, 2.75) is 12.8 Å². The van der Waals surface area contributed by atoms with Gasteiger partial charge in [0, 0.05) is 33.8 Å². The number of thiazole rings is 1. The molecule has 6 nitrogen and oxygen atoms in total. The maximum Gasteiger partial charge on any atom is 0.257 e. The molecule has 0 bridgehead atoms. The van der Waals surface area contributed by atoms with Gasteiger partial charge in [-0.1, -0.05) is 34.1 Å². The SMILES string of the molecule is O=C(Nc1nc(-c2ccc(Br)cc2)cs1)c1cccc(N2C(=O)CCC2=O)c1. The summed E-state index contributed by atoms with van der Waals surface area (Å²) in [6.07, 6.45) is 0.403. The molecule has 8 heteroatoms. The van der Waals surface area contributed by atoms with E-state index in [-0.39, 0.29) is 30.6 Å². The number of benzene rings is 2. The van der Waals surface area contributed by atoms with Crippen LogP contribution in [0.2, 0.25) is 0 Å². The molecule has 1 fully saturated rings. The molecule has 4 rings (SSSR count). The Labute approximate surface area is 173 Å². The molecule has 0 spiro atoms. The molecule has 0 saturated carbocycles. The van der Waals surface area contributed by atoms with Crippen LogP contribution < -0.4 is 10.2 Å². The molecule has 140 valence electrons. The highest BCUT2D eigenvalue weighted by Gasteiger charge is 2.30. The first kappa shape index (κ1) is 18.5. The molecule has 2 aromatic carbocycles. The topological polar surface area (TPSA) is 79.4 Å². The summed E-state index contributed by atoms with van der Waals surface area (Å²) in [5, 5.41) is 5.12. The highest BCUT2D eigenvalue weighted by atomic mass is 79.9. The largest absolute Gasteiger partial charge is 0.298 e. The third kappa shape index (κ3) is 3.74. The van der Waals surface area contributed by atoms with Crippen molar-refractivity contribution in [1.82, 2.24) is 4.98 Å². The van der Waals surface area contributed by atoms with Crippen LogP contribution >= 0.6 is 27.3 Å². The van der Waals surface area contributed by atoms with Gasteiger partial charge >= 0.3 is 0 Å². The van der Waals surface area contributed by atoms with E-state index >= 15 is 0 Å². The number of hydrogen-bond acceptors (Lipinski definition) is 5. The summed E-state index contributed by atoms with van der Waals surface area (Å²) >= 11 is 4.73.